The van der Waals surface area contributed by atoms with Gasteiger partial charge in [-0.05, 0) is 24.6 Å². The lowest BCUT2D eigenvalue weighted by atomic mass is 10.1. The second-order valence-electron chi connectivity index (χ2n) is 3.78. The molecule has 1 atom stereocenters. The fourth-order valence-corrected chi connectivity index (χ4v) is 1.79. The number of carbonyl (C=O) groups excluding carboxylic acids is 2. The molecule has 1 aromatic carbocycles. The highest BCUT2D eigenvalue weighted by molar-refractivity contribution is 9.10. The van der Waals surface area contributed by atoms with E-state index in [0.29, 0.717) is 0 Å². The maximum atomic E-state index is 11.4. The maximum absolute atomic E-state index is 11.4. The first kappa shape index (κ1) is 14.7. The Balaban J connectivity index is 2.44. The van der Waals surface area contributed by atoms with Crippen LogP contribution >= 0.6 is 15.9 Å². The van der Waals surface area contributed by atoms with E-state index in [-0.39, 0.29) is 18.5 Å². The number of hydrogen-bond acceptors (Lipinski definition) is 3. The van der Waals surface area contributed by atoms with Crippen molar-refractivity contribution in [3.8, 4) is 0 Å². The Morgan fingerprint density at radius 1 is 1.39 bits per heavy atom. The first-order valence-corrected chi connectivity index (χ1v) is 6.32. The van der Waals surface area contributed by atoms with Gasteiger partial charge in [-0.25, -0.2) is 4.79 Å². The zero-order valence-corrected chi connectivity index (χ0v) is 11.9. The highest BCUT2D eigenvalue weighted by Crippen LogP contribution is 2.17. The van der Waals surface area contributed by atoms with Crippen LogP contribution in [-0.2, 0) is 4.79 Å². The fraction of sp³-hybridized carbons (Fsp3) is 0.333. The normalized spacial score (nSPS) is 11.7. The molecule has 0 aromatic heterocycles. The zero-order valence-electron chi connectivity index (χ0n) is 10.3. The summed E-state index contributed by atoms with van der Waals surface area (Å²) in [6.07, 6.45) is 0. The minimum Gasteiger partial charge on any atom is -0.341 e. The Labute approximate surface area is 114 Å². The van der Waals surface area contributed by atoms with Gasteiger partial charge in [0.2, 0.25) is 5.91 Å². The summed E-state index contributed by atoms with van der Waals surface area (Å²) >= 11 is 3.39. The number of nitrogens with one attached hydrogen (secondary N) is 3. The lowest BCUT2D eigenvalue weighted by molar-refractivity contribution is -0.119. The molecule has 18 heavy (non-hydrogen) atoms. The number of amides is 3. The first-order chi connectivity index (χ1) is 8.52. The van der Waals surface area contributed by atoms with Crippen LogP contribution in [0.15, 0.2) is 28.7 Å². The van der Waals surface area contributed by atoms with Gasteiger partial charge in [0, 0.05) is 17.6 Å². The summed E-state index contributed by atoms with van der Waals surface area (Å²) in [5.74, 6) is -0.365. The molecule has 0 saturated carbocycles. The Morgan fingerprint density at radius 2 is 2.11 bits per heavy atom. The third kappa shape index (κ3) is 4.85. The SMILES string of the molecule is CNC(=O)NC(=O)CN[C@@H](C)c1cccc(Br)c1. The van der Waals surface area contributed by atoms with Crippen LogP contribution in [0.4, 0.5) is 4.79 Å². The van der Waals surface area contributed by atoms with E-state index in [4.69, 9.17) is 0 Å². The predicted octanol–water partition coefficient (Wildman–Crippen LogP) is 1.56. The highest BCUT2D eigenvalue weighted by Gasteiger charge is 2.09. The highest BCUT2D eigenvalue weighted by atomic mass is 79.9. The Morgan fingerprint density at radius 3 is 2.72 bits per heavy atom. The molecule has 5 nitrogen and oxygen atoms in total. The topological polar surface area (TPSA) is 70.2 Å². The van der Waals surface area contributed by atoms with Gasteiger partial charge in [0.15, 0.2) is 0 Å². The van der Waals surface area contributed by atoms with E-state index in [9.17, 15) is 9.59 Å². The molecule has 3 N–H and O–H groups in total. The van der Waals surface area contributed by atoms with Gasteiger partial charge in [0.05, 0.1) is 6.54 Å². The second kappa shape index (κ2) is 7.13. The molecule has 3 amide bonds. The van der Waals surface area contributed by atoms with Crippen LogP contribution in [0.2, 0.25) is 0 Å². The van der Waals surface area contributed by atoms with E-state index in [1.54, 1.807) is 0 Å². The number of hydrogen-bond donors (Lipinski definition) is 3. The van der Waals surface area contributed by atoms with E-state index >= 15 is 0 Å². The Bertz CT molecular complexity index is 437. The van der Waals surface area contributed by atoms with E-state index in [1.165, 1.54) is 7.05 Å². The quantitative estimate of drug-likeness (QED) is 0.790. The van der Waals surface area contributed by atoms with Gasteiger partial charge in [0.25, 0.3) is 0 Å². The molecule has 6 heteroatoms. The zero-order chi connectivity index (χ0) is 13.5. The van der Waals surface area contributed by atoms with E-state index in [2.05, 4.69) is 31.9 Å². The molecule has 0 unspecified atom stereocenters. The van der Waals surface area contributed by atoms with E-state index in [1.807, 2.05) is 31.2 Å². The van der Waals surface area contributed by atoms with Gasteiger partial charge < -0.3 is 10.6 Å². The minimum absolute atomic E-state index is 0.0259. The number of rotatable bonds is 4. The standard InChI is InChI=1S/C12H16BrN3O2/c1-8(9-4-3-5-10(13)6-9)15-7-11(17)16-12(18)14-2/h3-6,8,15H,7H2,1-2H3,(H2,14,16,17,18)/t8-/m0/s1. The molecule has 0 aliphatic rings. The molecule has 0 aliphatic carbocycles. The predicted molar refractivity (Wildman–Crippen MR) is 73.2 cm³/mol. The molecule has 98 valence electrons. The molecule has 0 saturated heterocycles. The van der Waals surface area contributed by atoms with Crippen LogP contribution in [0, 0.1) is 0 Å². The molecule has 0 bridgehead atoms. The van der Waals surface area contributed by atoms with E-state index < -0.39 is 6.03 Å². The molecular formula is C12H16BrN3O2. The lowest BCUT2D eigenvalue weighted by Gasteiger charge is -2.14. The van der Waals surface area contributed by atoms with Crippen LogP contribution in [0.3, 0.4) is 0 Å². The molecule has 0 heterocycles. The fourth-order valence-electron chi connectivity index (χ4n) is 1.37. The molecule has 0 radical (unpaired) electrons. The summed E-state index contributed by atoms with van der Waals surface area (Å²) in [6.45, 7) is 2.04. The number of imide groups is 1. The summed E-state index contributed by atoms with van der Waals surface area (Å²) in [6, 6.07) is 7.35. The van der Waals surface area contributed by atoms with Gasteiger partial charge in [-0.1, -0.05) is 28.1 Å². The molecule has 1 rings (SSSR count). The van der Waals surface area contributed by atoms with Crippen LogP contribution < -0.4 is 16.0 Å². The van der Waals surface area contributed by atoms with Crippen molar-refractivity contribution in [2.24, 2.45) is 0 Å². The van der Waals surface area contributed by atoms with Gasteiger partial charge >= 0.3 is 6.03 Å². The lowest BCUT2D eigenvalue weighted by Crippen LogP contribution is -2.42. The summed E-state index contributed by atoms with van der Waals surface area (Å²) in [7, 11) is 1.46. The third-order valence-corrected chi connectivity index (χ3v) is 2.89. The Hall–Kier alpha value is -1.40. The average Bonchev–Trinajstić information content (AvgIpc) is 2.35. The van der Waals surface area contributed by atoms with Crippen molar-refractivity contribution in [2.45, 2.75) is 13.0 Å². The van der Waals surface area contributed by atoms with Crippen molar-refractivity contribution in [1.29, 1.82) is 0 Å². The minimum atomic E-state index is -0.503. The van der Waals surface area contributed by atoms with Gasteiger partial charge in [0.1, 0.15) is 0 Å². The largest absolute Gasteiger partial charge is 0.341 e. The maximum Gasteiger partial charge on any atom is 0.321 e. The molecule has 1 aromatic rings. The average molecular weight is 314 g/mol. The van der Waals surface area contributed by atoms with Gasteiger partial charge in [-0.15, -0.1) is 0 Å². The number of benzene rings is 1. The van der Waals surface area contributed by atoms with Crippen LogP contribution in [0.1, 0.15) is 18.5 Å². The van der Waals surface area contributed by atoms with Crippen molar-refractivity contribution < 1.29 is 9.59 Å². The monoisotopic (exact) mass is 313 g/mol. The molecular weight excluding hydrogens is 298 g/mol. The second-order valence-corrected chi connectivity index (χ2v) is 4.70. The Kier molecular flexibility index (Phi) is 5.80. The van der Waals surface area contributed by atoms with Gasteiger partial charge in [-0.2, -0.15) is 0 Å². The van der Waals surface area contributed by atoms with Gasteiger partial charge in [-0.3, -0.25) is 10.1 Å². The smallest absolute Gasteiger partial charge is 0.321 e. The number of carbonyl (C=O) groups is 2. The van der Waals surface area contributed by atoms with Crippen LogP contribution in [-0.4, -0.2) is 25.5 Å². The molecule has 0 spiro atoms. The van der Waals surface area contributed by atoms with Crippen molar-refractivity contribution >= 4 is 27.9 Å². The van der Waals surface area contributed by atoms with Crippen LogP contribution in [0.5, 0.6) is 0 Å². The number of urea groups is 1. The molecule has 0 fully saturated rings. The first-order valence-electron chi connectivity index (χ1n) is 5.53. The van der Waals surface area contributed by atoms with Crippen molar-refractivity contribution in [3.63, 3.8) is 0 Å². The van der Waals surface area contributed by atoms with Crippen LogP contribution in [0.25, 0.3) is 0 Å². The summed E-state index contributed by atoms with van der Waals surface area (Å²) < 4.78 is 0.989. The third-order valence-electron chi connectivity index (χ3n) is 2.40. The molecule has 0 aliphatic heterocycles. The van der Waals surface area contributed by atoms with Crippen molar-refractivity contribution in [1.82, 2.24) is 16.0 Å². The van der Waals surface area contributed by atoms with Crippen molar-refractivity contribution in [2.75, 3.05) is 13.6 Å². The number of halogens is 1. The van der Waals surface area contributed by atoms with Crippen molar-refractivity contribution in [3.05, 3.63) is 34.3 Å². The summed E-state index contributed by atoms with van der Waals surface area (Å²) in [5, 5.41) is 7.55. The summed E-state index contributed by atoms with van der Waals surface area (Å²) in [4.78, 5) is 22.3. The summed E-state index contributed by atoms with van der Waals surface area (Å²) in [5.41, 5.74) is 1.07. The van der Waals surface area contributed by atoms with E-state index in [0.717, 1.165) is 10.0 Å².